The maximum Gasteiger partial charge on any atom is 0.312 e. The highest BCUT2D eigenvalue weighted by Gasteiger charge is 2.51. The van der Waals surface area contributed by atoms with Gasteiger partial charge in [-0.25, -0.2) is 0 Å². The molecule has 0 saturated carbocycles. The molecule has 0 spiro atoms. The van der Waals surface area contributed by atoms with Crippen LogP contribution in [0.2, 0.25) is 0 Å². The van der Waals surface area contributed by atoms with Gasteiger partial charge in [0.2, 0.25) is 0 Å². The van der Waals surface area contributed by atoms with Crippen LogP contribution in [0.1, 0.15) is 93.6 Å². The van der Waals surface area contributed by atoms with Crippen molar-refractivity contribution in [2.45, 2.75) is 99.7 Å². The number of hydrogen-bond acceptors (Lipinski definition) is 7. The summed E-state index contributed by atoms with van der Waals surface area (Å²) < 4.78 is 17.4. The van der Waals surface area contributed by atoms with E-state index in [2.05, 4.69) is 0 Å². The van der Waals surface area contributed by atoms with Gasteiger partial charge >= 0.3 is 17.9 Å². The first-order chi connectivity index (χ1) is 17.4. The Morgan fingerprint density at radius 2 is 1.42 bits per heavy atom. The van der Waals surface area contributed by atoms with E-state index in [1.165, 1.54) is 0 Å². The Hall–Kier alpha value is -2.41. The third-order valence-corrected chi connectivity index (χ3v) is 7.40. The average Bonchev–Trinajstić information content (AvgIpc) is 2.83. The molecule has 1 aromatic rings. The monoisotopic (exact) mass is 533 g/mol. The standard InChI is InChI=1S/C31H51NO6/c1-12-23(3)37-26(34)30(8,13-2)22-31(9,21-28(4,5)25(33)36-20-19-32(10)11)27(35)38-29(6,7)24-17-15-14-16-18-24/h14-18,23H,12-13,19-22H2,1-11H3. The Balaban J connectivity index is 3.38. The summed E-state index contributed by atoms with van der Waals surface area (Å²) in [5.41, 5.74) is -3.16. The minimum absolute atomic E-state index is 0.150. The normalized spacial score (nSPS) is 16.2. The van der Waals surface area contributed by atoms with Crippen molar-refractivity contribution in [3.8, 4) is 0 Å². The molecule has 0 aliphatic carbocycles. The summed E-state index contributed by atoms with van der Waals surface area (Å²) in [5.74, 6) is -1.19. The van der Waals surface area contributed by atoms with Crippen LogP contribution >= 0.6 is 0 Å². The Morgan fingerprint density at radius 1 is 0.842 bits per heavy atom. The minimum Gasteiger partial charge on any atom is -0.464 e. The largest absolute Gasteiger partial charge is 0.464 e. The molecule has 1 aromatic carbocycles. The van der Waals surface area contributed by atoms with Crippen LogP contribution in [-0.4, -0.2) is 56.2 Å². The zero-order valence-electron chi connectivity index (χ0n) is 25.6. The molecule has 0 aromatic heterocycles. The van der Waals surface area contributed by atoms with Gasteiger partial charge in [-0.1, -0.05) is 44.2 Å². The van der Waals surface area contributed by atoms with Gasteiger partial charge in [-0.3, -0.25) is 14.4 Å². The average molecular weight is 534 g/mol. The van der Waals surface area contributed by atoms with Gasteiger partial charge in [0.1, 0.15) is 12.2 Å². The van der Waals surface area contributed by atoms with Gasteiger partial charge < -0.3 is 19.1 Å². The van der Waals surface area contributed by atoms with E-state index in [9.17, 15) is 14.4 Å². The summed E-state index contributed by atoms with van der Waals surface area (Å²) in [5, 5.41) is 0. The molecule has 0 N–H and O–H groups in total. The van der Waals surface area contributed by atoms with Crippen LogP contribution in [0.5, 0.6) is 0 Å². The van der Waals surface area contributed by atoms with Crippen molar-refractivity contribution in [3.05, 3.63) is 35.9 Å². The van der Waals surface area contributed by atoms with Crippen LogP contribution in [0.25, 0.3) is 0 Å². The van der Waals surface area contributed by atoms with Crippen molar-refractivity contribution < 1.29 is 28.6 Å². The van der Waals surface area contributed by atoms with E-state index in [1.54, 1.807) is 20.8 Å². The molecule has 38 heavy (non-hydrogen) atoms. The fourth-order valence-corrected chi connectivity index (χ4v) is 4.64. The van der Waals surface area contributed by atoms with E-state index in [4.69, 9.17) is 14.2 Å². The molecule has 0 bridgehead atoms. The molecular formula is C31H51NO6. The van der Waals surface area contributed by atoms with Crippen molar-refractivity contribution >= 4 is 17.9 Å². The van der Waals surface area contributed by atoms with Crippen molar-refractivity contribution in [1.82, 2.24) is 4.90 Å². The Morgan fingerprint density at radius 3 is 1.92 bits per heavy atom. The van der Waals surface area contributed by atoms with E-state index >= 15 is 0 Å². The van der Waals surface area contributed by atoms with Gasteiger partial charge in [-0.15, -0.1) is 0 Å². The van der Waals surface area contributed by atoms with Gasteiger partial charge in [0.05, 0.1) is 22.3 Å². The molecule has 7 heteroatoms. The van der Waals surface area contributed by atoms with E-state index in [1.807, 2.05) is 90.9 Å². The third kappa shape index (κ3) is 9.40. The first kappa shape index (κ1) is 33.6. The van der Waals surface area contributed by atoms with Crippen LogP contribution < -0.4 is 0 Å². The van der Waals surface area contributed by atoms with Gasteiger partial charge in [0, 0.05) is 6.54 Å². The van der Waals surface area contributed by atoms with Gasteiger partial charge in [0.25, 0.3) is 0 Å². The number of ether oxygens (including phenoxy) is 3. The molecule has 1 rings (SSSR count). The number of carbonyl (C=O) groups is 3. The SMILES string of the molecule is CCC(C)OC(=O)C(C)(CC)CC(C)(CC(C)(C)C(=O)OCCN(C)C)C(=O)OC(C)(C)c1ccccc1. The van der Waals surface area contributed by atoms with Gasteiger partial charge in [0.15, 0.2) is 0 Å². The van der Waals surface area contributed by atoms with Crippen LogP contribution in [-0.2, 0) is 34.2 Å². The molecule has 0 saturated heterocycles. The lowest BCUT2D eigenvalue weighted by molar-refractivity contribution is -0.179. The number of hydrogen-bond donors (Lipinski definition) is 0. The summed E-state index contributed by atoms with van der Waals surface area (Å²) in [6.45, 7) is 17.4. The molecule has 0 aliphatic heterocycles. The second-order valence-corrected chi connectivity index (χ2v) is 12.5. The fraction of sp³-hybridized carbons (Fsp3) is 0.710. The lowest BCUT2D eigenvalue weighted by atomic mass is 9.65. The highest BCUT2D eigenvalue weighted by Crippen LogP contribution is 2.47. The van der Waals surface area contributed by atoms with Crippen LogP contribution in [0, 0.1) is 16.2 Å². The number of carbonyl (C=O) groups excluding carboxylic acids is 3. The van der Waals surface area contributed by atoms with Crippen molar-refractivity contribution in [3.63, 3.8) is 0 Å². The number of rotatable bonds is 15. The van der Waals surface area contributed by atoms with Crippen LogP contribution in [0.3, 0.4) is 0 Å². The highest BCUT2D eigenvalue weighted by atomic mass is 16.6. The smallest absolute Gasteiger partial charge is 0.312 e. The van der Waals surface area contributed by atoms with Crippen molar-refractivity contribution in [2.24, 2.45) is 16.2 Å². The molecule has 7 nitrogen and oxygen atoms in total. The molecule has 0 fully saturated rings. The first-order valence-corrected chi connectivity index (χ1v) is 13.7. The molecule has 0 radical (unpaired) electrons. The molecule has 216 valence electrons. The topological polar surface area (TPSA) is 82.1 Å². The second-order valence-electron chi connectivity index (χ2n) is 12.5. The molecule has 0 heterocycles. The predicted octanol–water partition coefficient (Wildman–Crippen LogP) is 6.14. The van der Waals surface area contributed by atoms with E-state index in [0.29, 0.717) is 19.4 Å². The van der Waals surface area contributed by atoms with Gasteiger partial charge in [-0.2, -0.15) is 0 Å². The summed E-state index contributed by atoms with van der Waals surface area (Å²) in [4.78, 5) is 42.4. The summed E-state index contributed by atoms with van der Waals surface area (Å²) in [7, 11) is 3.81. The summed E-state index contributed by atoms with van der Waals surface area (Å²) >= 11 is 0. The van der Waals surface area contributed by atoms with Crippen LogP contribution in [0.4, 0.5) is 0 Å². The first-order valence-electron chi connectivity index (χ1n) is 13.7. The van der Waals surface area contributed by atoms with Gasteiger partial charge in [-0.05, 0) is 93.8 Å². The zero-order chi connectivity index (χ0) is 29.4. The van der Waals surface area contributed by atoms with Crippen molar-refractivity contribution in [1.29, 1.82) is 0 Å². The lowest BCUT2D eigenvalue weighted by Gasteiger charge is -2.41. The molecule has 3 atom stereocenters. The van der Waals surface area contributed by atoms with Crippen LogP contribution in [0.15, 0.2) is 30.3 Å². The molecule has 0 amide bonds. The zero-order valence-corrected chi connectivity index (χ0v) is 25.6. The molecule has 3 unspecified atom stereocenters. The number of benzene rings is 1. The minimum atomic E-state index is -1.17. The van der Waals surface area contributed by atoms with E-state index in [0.717, 1.165) is 5.56 Å². The molecular weight excluding hydrogens is 482 g/mol. The summed E-state index contributed by atoms with van der Waals surface area (Å²) in [6.07, 6.45) is 1.26. The predicted molar refractivity (Wildman–Crippen MR) is 150 cm³/mol. The quantitative estimate of drug-likeness (QED) is 0.198. The van der Waals surface area contributed by atoms with Crippen molar-refractivity contribution in [2.75, 3.05) is 27.2 Å². The number of likely N-dealkylation sites (N-methyl/N-ethyl adjacent to an activating group) is 1. The third-order valence-electron chi connectivity index (χ3n) is 7.40. The Kier molecular flexibility index (Phi) is 12.0. The number of nitrogens with zero attached hydrogens (tertiary/aromatic N) is 1. The lowest BCUT2D eigenvalue weighted by Crippen LogP contribution is -2.46. The Labute approximate surface area is 230 Å². The fourth-order valence-electron chi connectivity index (χ4n) is 4.64. The molecule has 0 aliphatic rings. The number of esters is 3. The Bertz CT molecular complexity index is 926. The maximum atomic E-state index is 14.0. The van der Waals surface area contributed by atoms with E-state index in [-0.39, 0.29) is 37.5 Å². The highest BCUT2D eigenvalue weighted by molar-refractivity contribution is 5.83. The summed E-state index contributed by atoms with van der Waals surface area (Å²) in [6, 6.07) is 9.53. The second kappa shape index (κ2) is 13.6. The van der Waals surface area contributed by atoms with E-state index < -0.39 is 27.8 Å². The maximum absolute atomic E-state index is 14.0.